The van der Waals surface area contributed by atoms with Crippen LogP contribution >= 0.6 is 0 Å². The number of esters is 1. The minimum Gasteiger partial charge on any atom is -0.461 e. The molecule has 0 saturated carbocycles. The third-order valence-electron chi connectivity index (χ3n) is 3.86. The van der Waals surface area contributed by atoms with E-state index in [0.717, 1.165) is 0 Å². The lowest BCUT2D eigenvalue weighted by molar-refractivity contribution is -0.156. The monoisotopic (exact) mass is 337 g/mol. The number of carbonyl (C=O) groups is 2. The van der Waals surface area contributed by atoms with Crippen LogP contribution in [0.3, 0.4) is 0 Å². The second kappa shape index (κ2) is 7.29. The van der Waals surface area contributed by atoms with E-state index in [-0.39, 0.29) is 0 Å². The van der Waals surface area contributed by atoms with Crippen molar-refractivity contribution in [1.82, 2.24) is 0 Å². The molecule has 2 aromatic rings. The summed E-state index contributed by atoms with van der Waals surface area (Å²) in [6.07, 6.45) is 0. The van der Waals surface area contributed by atoms with Crippen molar-refractivity contribution in [3.05, 3.63) is 71.8 Å². The normalized spacial score (nSPS) is 13.4. The van der Waals surface area contributed by atoms with Gasteiger partial charge in [-0.1, -0.05) is 60.7 Å². The number of carbonyl (C=O) groups excluding carboxylic acids is 2. The maximum absolute atomic E-state index is 12.9. The number of Topliss-reactive ketones (excluding diaryl/α,β-unsaturated/α-hetero) is 1. The molecule has 1 atom stereocenters. The van der Waals surface area contributed by atoms with Crippen molar-refractivity contribution in [3.63, 3.8) is 0 Å². The summed E-state index contributed by atoms with van der Waals surface area (Å²) in [7, 11) is 0. The van der Waals surface area contributed by atoms with Gasteiger partial charge in [-0.2, -0.15) is 5.26 Å². The fourth-order valence-corrected chi connectivity index (χ4v) is 2.22. The van der Waals surface area contributed by atoms with E-state index in [1.54, 1.807) is 60.7 Å². The molecule has 0 aliphatic rings. The van der Waals surface area contributed by atoms with Gasteiger partial charge in [0.2, 0.25) is 5.78 Å². The fraction of sp³-hybridized carbons (Fsp3) is 0.250. The van der Waals surface area contributed by atoms with E-state index in [4.69, 9.17) is 10.00 Å². The van der Waals surface area contributed by atoms with Gasteiger partial charge in [0.05, 0.1) is 6.07 Å². The first-order valence-corrected chi connectivity index (χ1v) is 7.77. The first-order chi connectivity index (χ1) is 11.8. The smallest absolute Gasteiger partial charge is 0.326 e. The highest BCUT2D eigenvalue weighted by Gasteiger charge is 2.41. The Morgan fingerprint density at radius 1 is 1.04 bits per heavy atom. The second-order valence-electron chi connectivity index (χ2n) is 6.23. The molecule has 0 radical (unpaired) electrons. The van der Waals surface area contributed by atoms with E-state index < -0.39 is 29.4 Å². The Morgan fingerprint density at radius 3 is 2.08 bits per heavy atom. The number of aliphatic hydroxyl groups is 1. The van der Waals surface area contributed by atoms with Crippen LogP contribution in [0.4, 0.5) is 0 Å². The number of hydrogen-bond acceptors (Lipinski definition) is 5. The number of ketones is 1. The number of rotatable bonds is 6. The molecule has 2 rings (SSSR count). The van der Waals surface area contributed by atoms with Crippen LogP contribution in [0, 0.1) is 16.7 Å². The van der Waals surface area contributed by atoms with Crippen LogP contribution < -0.4 is 0 Å². The molecule has 5 heteroatoms. The van der Waals surface area contributed by atoms with Gasteiger partial charge in [-0.25, -0.2) is 0 Å². The lowest BCUT2D eigenvalue weighted by atomic mass is 9.86. The Labute approximate surface area is 146 Å². The zero-order valence-electron chi connectivity index (χ0n) is 14.1. The van der Waals surface area contributed by atoms with Gasteiger partial charge >= 0.3 is 5.97 Å². The average Bonchev–Trinajstić information content (AvgIpc) is 2.66. The molecule has 1 unspecified atom stereocenters. The SMILES string of the molecule is CC(C)(C#N)C(=O)OCC(O)(C(=O)c1ccccc1)c1ccccc1. The quantitative estimate of drug-likeness (QED) is 0.647. The van der Waals surface area contributed by atoms with E-state index in [0.29, 0.717) is 11.1 Å². The van der Waals surface area contributed by atoms with Crippen molar-refractivity contribution in [2.45, 2.75) is 19.4 Å². The lowest BCUT2D eigenvalue weighted by Gasteiger charge is -2.28. The average molecular weight is 337 g/mol. The zero-order chi connectivity index (χ0) is 18.5. The number of ether oxygens (including phenoxy) is 1. The molecule has 0 heterocycles. The molecule has 0 amide bonds. The van der Waals surface area contributed by atoms with Crippen LogP contribution in [0.5, 0.6) is 0 Å². The molecule has 2 aromatic carbocycles. The number of nitrogens with zero attached hydrogens (tertiary/aromatic N) is 1. The van der Waals surface area contributed by atoms with Crippen molar-refractivity contribution in [3.8, 4) is 6.07 Å². The summed E-state index contributed by atoms with van der Waals surface area (Å²) in [4.78, 5) is 25.0. The fourth-order valence-electron chi connectivity index (χ4n) is 2.22. The Hall–Kier alpha value is -2.97. The molecular weight excluding hydrogens is 318 g/mol. The van der Waals surface area contributed by atoms with E-state index in [1.807, 2.05) is 6.07 Å². The van der Waals surface area contributed by atoms with Crippen molar-refractivity contribution in [1.29, 1.82) is 5.26 Å². The molecule has 128 valence electrons. The maximum atomic E-state index is 12.9. The second-order valence-corrected chi connectivity index (χ2v) is 6.23. The molecule has 1 N–H and O–H groups in total. The van der Waals surface area contributed by atoms with Gasteiger partial charge < -0.3 is 9.84 Å². The van der Waals surface area contributed by atoms with E-state index >= 15 is 0 Å². The van der Waals surface area contributed by atoms with Crippen LogP contribution in [0.25, 0.3) is 0 Å². The van der Waals surface area contributed by atoms with E-state index in [9.17, 15) is 14.7 Å². The molecule has 0 aromatic heterocycles. The molecule has 5 nitrogen and oxygen atoms in total. The number of hydrogen-bond donors (Lipinski definition) is 1. The van der Waals surface area contributed by atoms with Gasteiger partial charge in [-0.3, -0.25) is 9.59 Å². The zero-order valence-corrected chi connectivity index (χ0v) is 14.1. The van der Waals surface area contributed by atoms with Crippen molar-refractivity contribution >= 4 is 11.8 Å². The summed E-state index contributed by atoms with van der Waals surface area (Å²) in [6, 6.07) is 18.4. The van der Waals surface area contributed by atoms with Crippen molar-refractivity contribution < 1.29 is 19.4 Å². The summed E-state index contributed by atoms with van der Waals surface area (Å²) >= 11 is 0. The predicted molar refractivity (Wildman–Crippen MR) is 91.5 cm³/mol. The minimum atomic E-state index is -2.04. The Kier molecular flexibility index (Phi) is 5.35. The highest BCUT2D eigenvalue weighted by molar-refractivity contribution is 6.03. The van der Waals surface area contributed by atoms with E-state index in [1.165, 1.54) is 13.8 Å². The standard InChI is InChI=1S/C20H19NO4/c1-19(2,13-21)18(23)25-14-20(24,16-11-7-4-8-12-16)17(22)15-9-5-3-6-10-15/h3-12,24H,14H2,1-2H3. The predicted octanol–water partition coefficient (Wildman–Crippen LogP) is 2.85. The molecule has 0 aliphatic heterocycles. The van der Waals surface area contributed by atoms with Crippen molar-refractivity contribution in [2.75, 3.05) is 6.61 Å². The van der Waals surface area contributed by atoms with Crippen LogP contribution in [0.15, 0.2) is 60.7 Å². The van der Waals surface area contributed by atoms with Gasteiger partial charge in [0, 0.05) is 5.56 Å². The van der Waals surface area contributed by atoms with E-state index in [2.05, 4.69) is 0 Å². The van der Waals surface area contributed by atoms with Gasteiger partial charge in [0.1, 0.15) is 12.0 Å². The van der Waals surface area contributed by atoms with Gasteiger partial charge in [0.15, 0.2) is 5.60 Å². The van der Waals surface area contributed by atoms with Gasteiger partial charge in [-0.05, 0) is 19.4 Å². The summed E-state index contributed by atoms with van der Waals surface area (Å²) in [5.41, 5.74) is -2.80. The molecule has 25 heavy (non-hydrogen) atoms. The van der Waals surface area contributed by atoms with Crippen LogP contribution in [0.1, 0.15) is 29.8 Å². The lowest BCUT2D eigenvalue weighted by Crippen LogP contribution is -2.42. The Morgan fingerprint density at radius 2 is 1.56 bits per heavy atom. The molecule has 0 aliphatic carbocycles. The first-order valence-electron chi connectivity index (χ1n) is 7.77. The highest BCUT2D eigenvalue weighted by Crippen LogP contribution is 2.28. The van der Waals surface area contributed by atoms with Crippen LogP contribution in [0.2, 0.25) is 0 Å². The summed E-state index contributed by atoms with van der Waals surface area (Å²) in [5, 5.41) is 20.1. The topological polar surface area (TPSA) is 87.4 Å². The van der Waals surface area contributed by atoms with Crippen LogP contribution in [-0.2, 0) is 15.1 Å². The number of benzene rings is 2. The third-order valence-corrected chi connectivity index (χ3v) is 3.86. The largest absolute Gasteiger partial charge is 0.461 e. The van der Waals surface area contributed by atoms with Crippen LogP contribution in [-0.4, -0.2) is 23.5 Å². The summed E-state index contributed by atoms with van der Waals surface area (Å²) in [6.45, 7) is 2.25. The minimum absolute atomic E-state index is 0.296. The molecule has 0 saturated heterocycles. The summed E-state index contributed by atoms with van der Waals surface area (Å²) in [5.74, 6) is -1.38. The van der Waals surface area contributed by atoms with Gasteiger partial charge in [-0.15, -0.1) is 0 Å². The number of nitriles is 1. The third kappa shape index (κ3) is 3.93. The maximum Gasteiger partial charge on any atom is 0.326 e. The van der Waals surface area contributed by atoms with Gasteiger partial charge in [0.25, 0.3) is 0 Å². The Bertz CT molecular complexity index is 793. The molecule has 0 fully saturated rings. The first kappa shape index (κ1) is 18.4. The molecule has 0 spiro atoms. The van der Waals surface area contributed by atoms with Crippen molar-refractivity contribution in [2.24, 2.45) is 5.41 Å². The molecular formula is C20H19NO4. The Balaban J connectivity index is 2.36. The molecule has 0 bridgehead atoms. The summed E-state index contributed by atoms with van der Waals surface area (Å²) < 4.78 is 5.13. The highest BCUT2D eigenvalue weighted by atomic mass is 16.5.